The van der Waals surface area contributed by atoms with Gasteiger partial charge >= 0.3 is 11.4 Å². The van der Waals surface area contributed by atoms with Crippen molar-refractivity contribution in [2.45, 2.75) is 64.2 Å². The molecular weight excluding hydrogens is 474 g/mol. The number of aryl methyl sites for hydroxylation is 1. The zero-order valence-corrected chi connectivity index (χ0v) is 20.7. The summed E-state index contributed by atoms with van der Waals surface area (Å²) in [6, 6.07) is 13.6. The smallest absolute Gasteiger partial charge is 0.288 e. The molecule has 0 fully saturated rings. The summed E-state index contributed by atoms with van der Waals surface area (Å²) in [6.45, 7) is 2.11. The largest absolute Gasteiger partial charge is 0.346 e. The molecule has 1 atom stereocenters. The first kappa shape index (κ1) is 25.9. The maximum Gasteiger partial charge on any atom is 0.346 e. The van der Waals surface area contributed by atoms with Crippen LogP contribution >= 0.6 is 0 Å². The molecule has 3 aromatic carbocycles. The number of nitro groups is 2. The molecule has 0 aromatic heterocycles. The van der Waals surface area contributed by atoms with Gasteiger partial charge in [0.05, 0.1) is 15.4 Å². The van der Waals surface area contributed by atoms with Crippen molar-refractivity contribution in [3.05, 3.63) is 91.0 Å². The number of carbonyl (C=O) groups excluding carboxylic acids is 2. The van der Waals surface area contributed by atoms with Crippen molar-refractivity contribution < 1.29 is 19.4 Å². The lowest BCUT2D eigenvalue weighted by Crippen LogP contribution is -2.35. The minimum absolute atomic E-state index is 0.215. The third kappa shape index (κ3) is 5.50. The second-order valence-corrected chi connectivity index (χ2v) is 9.47. The Morgan fingerprint density at radius 2 is 1.57 bits per heavy atom. The van der Waals surface area contributed by atoms with E-state index in [4.69, 9.17) is 0 Å². The Balaban J connectivity index is 1.31. The fourth-order valence-corrected chi connectivity index (χ4v) is 5.26. The molecular formula is C28H29N3O6. The maximum absolute atomic E-state index is 12.8. The average molecular weight is 504 g/mol. The summed E-state index contributed by atoms with van der Waals surface area (Å²) in [4.78, 5) is 45.8. The van der Waals surface area contributed by atoms with E-state index in [-0.39, 0.29) is 17.7 Å². The summed E-state index contributed by atoms with van der Waals surface area (Å²) >= 11 is 0. The molecule has 9 heteroatoms. The molecule has 0 saturated heterocycles. The van der Waals surface area contributed by atoms with Crippen LogP contribution in [0.25, 0.3) is 10.8 Å². The van der Waals surface area contributed by atoms with Crippen LogP contribution < -0.4 is 5.32 Å². The molecule has 0 spiro atoms. The van der Waals surface area contributed by atoms with E-state index >= 15 is 0 Å². The summed E-state index contributed by atoms with van der Waals surface area (Å²) in [5.74, 6) is -0.460. The van der Waals surface area contributed by atoms with E-state index in [1.165, 1.54) is 12.1 Å². The van der Waals surface area contributed by atoms with Crippen LogP contribution in [0.1, 0.15) is 89.6 Å². The van der Waals surface area contributed by atoms with E-state index in [1.54, 1.807) is 12.1 Å². The van der Waals surface area contributed by atoms with Crippen molar-refractivity contribution in [2.75, 3.05) is 0 Å². The SMILES string of the molecule is CCC(CCCCCCCc1ccc([N+](=O)[O-])c([N+](=O)[O-])c1)c1ccc2cccc3c2c1C(=O)NC3=O. The van der Waals surface area contributed by atoms with Gasteiger partial charge < -0.3 is 0 Å². The summed E-state index contributed by atoms with van der Waals surface area (Å²) in [5.41, 5.74) is 1.93. The molecule has 3 aromatic rings. The first-order chi connectivity index (χ1) is 17.8. The fraction of sp³-hybridized carbons (Fsp3) is 0.357. The number of carbonyl (C=O) groups is 2. The van der Waals surface area contributed by atoms with Crippen molar-refractivity contribution in [1.82, 2.24) is 5.32 Å². The van der Waals surface area contributed by atoms with Gasteiger partial charge in [0, 0.05) is 23.1 Å². The Kier molecular flexibility index (Phi) is 7.91. The zero-order chi connectivity index (χ0) is 26.5. The molecule has 0 saturated carbocycles. The molecule has 1 heterocycles. The molecule has 0 radical (unpaired) electrons. The predicted octanol–water partition coefficient (Wildman–Crippen LogP) is 6.62. The van der Waals surface area contributed by atoms with Crippen molar-refractivity contribution in [3.8, 4) is 0 Å². The first-order valence-corrected chi connectivity index (χ1v) is 12.6. The van der Waals surface area contributed by atoms with Gasteiger partial charge in [-0.05, 0) is 54.2 Å². The number of nitrogens with zero attached hydrogens (tertiary/aromatic N) is 2. The number of nitro benzene ring substituents is 2. The van der Waals surface area contributed by atoms with Gasteiger partial charge in [0.15, 0.2) is 0 Å². The van der Waals surface area contributed by atoms with Crippen LogP contribution in [-0.2, 0) is 6.42 Å². The number of unbranched alkanes of at least 4 members (excludes halogenated alkanes) is 4. The van der Waals surface area contributed by atoms with E-state index < -0.39 is 21.2 Å². The Bertz CT molecular complexity index is 1380. The first-order valence-electron chi connectivity index (χ1n) is 12.6. The molecule has 1 aliphatic heterocycles. The van der Waals surface area contributed by atoms with Gasteiger partial charge in [-0.25, -0.2) is 0 Å². The van der Waals surface area contributed by atoms with Gasteiger partial charge in [0.25, 0.3) is 11.8 Å². The van der Waals surface area contributed by atoms with E-state index in [9.17, 15) is 29.8 Å². The second kappa shape index (κ2) is 11.3. The van der Waals surface area contributed by atoms with Crippen LogP contribution in [0.2, 0.25) is 0 Å². The number of rotatable bonds is 12. The van der Waals surface area contributed by atoms with Crippen LogP contribution in [0.15, 0.2) is 48.5 Å². The highest BCUT2D eigenvalue weighted by molar-refractivity contribution is 6.26. The average Bonchev–Trinajstić information content (AvgIpc) is 2.88. The number of nitrogens with one attached hydrogen (secondary N) is 1. The second-order valence-electron chi connectivity index (χ2n) is 9.47. The Morgan fingerprint density at radius 3 is 2.30 bits per heavy atom. The van der Waals surface area contributed by atoms with E-state index in [0.29, 0.717) is 17.5 Å². The highest BCUT2D eigenvalue weighted by Gasteiger charge is 2.29. The van der Waals surface area contributed by atoms with E-state index in [1.807, 2.05) is 24.3 Å². The van der Waals surface area contributed by atoms with Gasteiger partial charge in [-0.2, -0.15) is 0 Å². The van der Waals surface area contributed by atoms with Crippen molar-refractivity contribution in [3.63, 3.8) is 0 Å². The number of benzene rings is 3. The standard InChI is InChI=1S/C28H29N3O6/c1-2-19(21-15-14-20-11-8-12-22-25(20)26(21)28(33)29-27(22)32)10-7-5-3-4-6-9-18-13-16-23(30(34)35)24(17-18)31(36)37/h8,11-17,19H,2-7,9-10H2,1H3,(H,29,32,33). The van der Waals surface area contributed by atoms with Crippen LogP contribution in [0.5, 0.6) is 0 Å². The zero-order valence-electron chi connectivity index (χ0n) is 20.7. The summed E-state index contributed by atoms with van der Waals surface area (Å²) in [6.07, 6.45) is 7.29. The third-order valence-electron chi connectivity index (χ3n) is 7.16. The Hall–Kier alpha value is -4.14. The fourth-order valence-electron chi connectivity index (χ4n) is 5.26. The number of amides is 2. The molecule has 1 N–H and O–H groups in total. The maximum atomic E-state index is 12.8. The quantitative estimate of drug-likeness (QED) is 0.128. The topological polar surface area (TPSA) is 132 Å². The lowest BCUT2D eigenvalue weighted by atomic mass is 9.83. The number of imide groups is 1. The third-order valence-corrected chi connectivity index (χ3v) is 7.16. The van der Waals surface area contributed by atoms with Crippen LogP contribution in [-0.4, -0.2) is 21.7 Å². The molecule has 192 valence electrons. The van der Waals surface area contributed by atoms with E-state index in [0.717, 1.165) is 66.8 Å². The molecule has 0 aliphatic carbocycles. The normalized spacial score (nSPS) is 13.4. The summed E-state index contributed by atoms with van der Waals surface area (Å²) < 4.78 is 0. The highest BCUT2D eigenvalue weighted by atomic mass is 16.6. The van der Waals surface area contributed by atoms with Crippen LogP contribution in [0.3, 0.4) is 0 Å². The lowest BCUT2D eigenvalue weighted by Gasteiger charge is -2.24. The van der Waals surface area contributed by atoms with Crippen molar-refractivity contribution in [2.24, 2.45) is 0 Å². The lowest BCUT2D eigenvalue weighted by molar-refractivity contribution is -0.422. The monoisotopic (exact) mass is 503 g/mol. The van der Waals surface area contributed by atoms with Gasteiger partial charge in [0.1, 0.15) is 0 Å². The summed E-state index contributed by atoms with van der Waals surface area (Å²) in [5, 5.41) is 26.2. The van der Waals surface area contributed by atoms with Gasteiger partial charge in [-0.1, -0.05) is 62.9 Å². The molecule has 2 amide bonds. The Morgan fingerprint density at radius 1 is 0.838 bits per heavy atom. The van der Waals surface area contributed by atoms with Gasteiger partial charge in [-0.15, -0.1) is 0 Å². The number of hydrogen-bond donors (Lipinski definition) is 1. The molecule has 37 heavy (non-hydrogen) atoms. The minimum atomic E-state index is -0.733. The minimum Gasteiger partial charge on any atom is -0.288 e. The predicted molar refractivity (Wildman–Crippen MR) is 140 cm³/mol. The molecule has 9 nitrogen and oxygen atoms in total. The molecule has 4 rings (SSSR count). The van der Waals surface area contributed by atoms with Crippen molar-refractivity contribution in [1.29, 1.82) is 0 Å². The number of hydrogen-bond acceptors (Lipinski definition) is 6. The molecule has 1 aliphatic rings. The summed E-state index contributed by atoms with van der Waals surface area (Å²) in [7, 11) is 0. The van der Waals surface area contributed by atoms with Crippen molar-refractivity contribution >= 4 is 34.0 Å². The van der Waals surface area contributed by atoms with E-state index in [2.05, 4.69) is 12.2 Å². The Labute approximate surface area is 214 Å². The highest BCUT2D eigenvalue weighted by Crippen LogP contribution is 2.36. The molecule has 1 unspecified atom stereocenters. The van der Waals surface area contributed by atoms with Crippen LogP contribution in [0, 0.1) is 20.2 Å². The van der Waals surface area contributed by atoms with Gasteiger partial charge in [-0.3, -0.25) is 35.1 Å². The van der Waals surface area contributed by atoms with Crippen LogP contribution in [0.4, 0.5) is 11.4 Å². The van der Waals surface area contributed by atoms with Gasteiger partial charge in [0.2, 0.25) is 0 Å². The molecule has 0 bridgehead atoms.